The summed E-state index contributed by atoms with van der Waals surface area (Å²) in [6.07, 6.45) is 1.19. The van der Waals surface area contributed by atoms with Gasteiger partial charge in [-0.2, -0.15) is 0 Å². The van der Waals surface area contributed by atoms with Gasteiger partial charge in [0.2, 0.25) is 5.91 Å². The molecule has 9 heteroatoms. The fourth-order valence-corrected chi connectivity index (χ4v) is 3.62. The molecule has 170 valence electrons. The van der Waals surface area contributed by atoms with E-state index in [1.807, 2.05) is 18.2 Å². The number of amides is 2. The van der Waals surface area contributed by atoms with E-state index < -0.39 is 12.8 Å². The van der Waals surface area contributed by atoms with Crippen molar-refractivity contribution in [2.75, 3.05) is 10.6 Å². The number of benzene rings is 2. The summed E-state index contributed by atoms with van der Waals surface area (Å²) in [6, 6.07) is 13.5. The quantitative estimate of drug-likeness (QED) is 0.528. The van der Waals surface area contributed by atoms with E-state index in [9.17, 15) is 14.0 Å². The Bertz CT molecular complexity index is 1200. The van der Waals surface area contributed by atoms with Crippen molar-refractivity contribution in [2.45, 2.75) is 32.7 Å². The summed E-state index contributed by atoms with van der Waals surface area (Å²) in [6.45, 7) is 0.967. The third kappa shape index (κ3) is 5.66. The van der Waals surface area contributed by atoms with E-state index in [0.29, 0.717) is 40.0 Å². The Morgan fingerprint density at radius 1 is 1.12 bits per heavy atom. The van der Waals surface area contributed by atoms with E-state index in [2.05, 4.69) is 15.6 Å². The van der Waals surface area contributed by atoms with Crippen molar-refractivity contribution < 1.29 is 23.5 Å². The molecule has 33 heavy (non-hydrogen) atoms. The summed E-state index contributed by atoms with van der Waals surface area (Å²) in [7, 11) is 0. The zero-order valence-corrected chi connectivity index (χ0v) is 18.5. The van der Waals surface area contributed by atoms with Gasteiger partial charge in [0.1, 0.15) is 30.1 Å². The number of hydrogen-bond donors (Lipinski definition) is 2. The van der Waals surface area contributed by atoms with E-state index in [-0.39, 0.29) is 18.4 Å². The Kier molecular flexibility index (Phi) is 6.86. The van der Waals surface area contributed by atoms with Gasteiger partial charge in [-0.05, 0) is 47.5 Å². The molecule has 1 aliphatic heterocycles. The molecule has 0 aliphatic carbocycles. The molecule has 0 saturated heterocycles. The Labute approximate surface area is 194 Å². The van der Waals surface area contributed by atoms with Crippen LogP contribution in [-0.4, -0.2) is 22.9 Å². The minimum absolute atomic E-state index is 0.225. The van der Waals surface area contributed by atoms with Crippen LogP contribution in [0.25, 0.3) is 0 Å². The summed E-state index contributed by atoms with van der Waals surface area (Å²) in [5.74, 6) is 0.938. The molecule has 0 fully saturated rings. The Balaban J connectivity index is 1.45. The second-order valence-corrected chi connectivity index (χ2v) is 7.93. The lowest BCUT2D eigenvalue weighted by Crippen LogP contribution is -2.35. The maximum atomic E-state index is 13.0. The van der Waals surface area contributed by atoms with Gasteiger partial charge < -0.3 is 20.1 Å². The number of ether oxygens (including phenoxy) is 2. The van der Waals surface area contributed by atoms with Crippen LogP contribution in [0.5, 0.6) is 11.5 Å². The first-order chi connectivity index (χ1) is 15.9. The molecule has 2 heterocycles. The highest BCUT2D eigenvalue weighted by atomic mass is 35.5. The number of nitrogens with one attached hydrogen (secondary N) is 2. The highest BCUT2D eigenvalue weighted by molar-refractivity contribution is 6.31. The standard InChI is InChI=1S/C24H21ClFN3O4/c1-14(30)28-23-11-20(6-7-27-23)33-19-4-2-15-13-32-22(10-16(15)9-19)24(31)29-18-3-5-21(25)17(8-18)12-26/h2-9,11,22H,10,12-13H2,1H3,(H,29,31)(H,27,28,30). The van der Waals surface area contributed by atoms with Gasteiger partial charge in [0.05, 0.1) is 6.61 Å². The van der Waals surface area contributed by atoms with E-state index in [0.717, 1.165) is 11.1 Å². The van der Waals surface area contributed by atoms with Gasteiger partial charge in [0.15, 0.2) is 0 Å². The van der Waals surface area contributed by atoms with Crippen LogP contribution in [0.2, 0.25) is 5.02 Å². The number of rotatable bonds is 6. The van der Waals surface area contributed by atoms with Crippen molar-refractivity contribution in [1.82, 2.24) is 4.98 Å². The van der Waals surface area contributed by atoms with Crippen molar-refractivity contribution in [3.63, 3.8) is 0 Å². The van der Waals surface area contributed by atoms with Crippen LogP contribution >= 0.6 is 11.6 Å². The number of carbonyl (C=O) groups is 2. The summed E-state index contributed by atoms with van der Waals surface area (Å²) < 4.78 is 24.7. The monoisotopic (exact) mass is 469 g/mol. The first-order valence-electron chi connectivity index (χ1n) is 10.2. The number of hydrogen-bond acceptors (Lipinski definition) is 5. The summed E-state index contributed by atoms with van der Waals surface area (Å²) in [4.78, 5) is 28.0. The van der Waals surface area contributed by atoms with Crippen LogP contribution in [0, 0.1) is 0 Å². The Morgan fingerprint density at radius 2 is 1.94 bits per heavy atom. The average molecular weight is 470 g/mol. The number of anilines is 2. The SMILES string of the molecule is CC(=O)Nc1cc(Oc2ccc3c(c2)CC(C(=O)Nc2ccc(Cl)c(CF)c2)OC3)ccn1. The summed E-state index contributed by atoms with van der Waals surface area (Å²) in [5.41, 5.74) is 2.65. The minimum atomic E-state index is -0.720. The van der Waals surface area contributed by atoms with E-state index in [1.165, 1.54) is 19.2 Å². The van der Waals surface area contributed by atoms with Crippen LogP contribution in [0.4, 0.5) is 15.9 Å². The van der Waals surface area contributed by atoms with Crippen LogP contribution in [-0.2, 0) is 34.0 Å². The van der Waals surface area contributed by atoms with Gasteiger partial charge in [-0.1, -0.05) is 17.7 Å². The predicted molar refractivity (Wildman–Crippen MR) is 122 cm³/mol. The van der Waals surface area contributed by atoms with Crippen molar-refractivity contribution >= 4 is 34.9 Å². The lowest BCUT2D eigenvalue weighted by Gasteiger charge is -2.25. The number of alkyl halides is 1. The van der Waals surface area contributed by atoms with E-state index in [1.54, 1.807) is 24.3 Å². The smallest absolute Gasteiger partial charge is 0.253 e. The maximum absolute atomic E-state index is 13.0. The zero-order valence-electron chi connectivity index (χ0n) is 17.7. The molecule has 1 atom stereocenters. The molecule has 0 bridgehead atoms. The van der Waals surface area contributed by atoms with Crippen LogP contribution in [0.1, 0.15) is 23.6 Å². The third-order valence-corrected chi connectivity index (χ3v) is 5.41. The molecule has 1 aromatic heterocycles. The second kappa shape index (κ2) is 9.97. The normalized spacial score (nSPS) is 14.8. The van der Waals surface area contributed by atoms with Crippen molar-refractivity contribution in [1.29, 1.82) is 0 Å². The molecule has 4 rings (SSSR count). The third-order valence-electron chi connectivity index (χ3n) is 5.04. The first-order valence-corrected chi connectivity index (χ1v) is 10.6. The van der Waals surface area contributed by atoms with E-state index in [4.69, 9.17) is 21.1 Å². The second-order valence-electron chi connectivity index (χ2n) is 7.52. The highest BCUT2D eigenvalue weighted by Gasteiger charge is 2.26. The maximum Gasteiger partial charge on any atom is 0.253 e. The zero-order chi connectivity index (χ0) is 23.4. The lowest BCUT2D eigenvalue weighted by atomic mass is 9.98. The van der Waals surface area contributed by atoms with Gasteiger partial charge in [-0.15, -0.1) is 0 Å². The molecule has 2 aromatic carbocycles. The Morgan fingerprint density at radius 3 is 2.73 bits per heavy atom. The fraction of sp³-hybridized carbons (Fsp3) is 0.208. The molecule has 1 aliphatic rings. The van der Waals surface area contributed by atoms with Crippen LogP contribution in [0.3, 0.4) is 0 Å². The highest BCUT2D eigenvalue weighted by Crippen LogP contribution is 2.29. The van der Waals surface area contributed by atoms with Crippen LogP contribution in [0.15, 0.2) is 54.7 Å². The summed E-state index contributed by atoms with van der Waals surface area (Å²) in [5, 5.41) is 5.68. The minimum Gasteiger partial charge on any atom is -0.457 e. The molecule has 2 amide bonds. The number of fused-ring (bicyclic) bond motifs is 1. The first kappa shape index (κ1) is 22.7. The number of carbonyl (C=O) groups excluding carboxylic acids is 2. The molecule has 7 nitrogen and oxygen atoms in total. The molecular formula is C24H21ClFN3O4. The molecule has 3 aromatic rings. The number of nitrogens with zero attached hydrogens (tertiary/aromatic N) is 1. The largest absolute Gasteiger partial charge is 0.457 e. The lowest BCUT2D eigenvalue weighted by molar-refractivity contribution is -0.129. The average Bonchev–Trinajstić information content (AvgIpc) is 2.79. The van der Waals surface area contributed by atoms with Gasteiger partial charge in [0.25, 0.3) is 5.91 Å². The molecule has 0 radical (unpaired) electrons. The number of pyridine rings is 1. The van der Waals surface area contributed by atoms with E-state index >= 15 is 0 Å². The van der Waals surface area contributed by atoms with Crippen molar-refractivity contribution in [3.8, 4) is 11.5 Å². The number of aromatic nitrogens is 1. The van der Waals surface area contributed by atoms with Gasteiger partial charge in [-0.25, -0.2) is 9.37 Å². The Hall–Kier alpha value is -3.49. The molecular weight excluding hydrogens is 449 g/mol. The topological polar surface area (TPSA) is 89.5 Å². The van der Waals surface area contributed by atoms with Crippen molar-refractivity contribution in [2.24, 2.45) is 0 Å². The fourth-order valence-electron chi connectivity index (χ4n) is 3.45. The van der Waals surface area contributed by atoms with Gasteiger partial charge in [0, 0.05) is 41.9 Å². The molecule has 1 unspecified atom stereocenters. The number of halogens is 2. The van der Waals surface area contributed by atoms with Gasteiger partial charge in [-0.3, -0.25) is 9.59 Å². The summed E-state index contributed by atoms with van der Waals surface area (Å²) >= 11 is 5.93. The molecule has 0 spiro atoms. The molecule has 2 N–H and O–H groups in total. The van der Waals surface area contributed by atoms with Crippen LogP contribution < -0.4 is 15.4 Å². The van der Waals surface area contributed by atoms with Gasteiger partial charge >= 0.3 is 0 Å². The molecule has 0 saturated carbocycles. The van der Waals surface area contributed by atoms with Crippen molar-refractivity contribution in [3.05, 3.63) is 76.4 Å². The predicted octanol–water partition coefficient (Wildman–Crippen LogP) is 5.04.